The average molecular weight is 338 g/mol. The summed E-state index contributed by atoms with van der Waals surface area (Å²) in [5.74, 6) is 1.87. The van der Waals surface area contributed by atoms with Crippen molar-refractivity contribution >= 4 is 5.82 Å². The second-order valence-corrected chi connectivity index (χ2v) is 7.57. The number of piperidine rings is 1. The molecule has 0 spiro atoms. The number of aromatic nitrogens is 2. The molecule has 134 valence electrons. The number of likely N-dealkylation sites (tertiary alicyclic amines) is 1. The van der Waals surface area contributed by atoms with E-state index in [4.69, 9.17) is 5.10 Å². The third-order valence-electron chi connectivity index (χ3n) is 5.87. The zero-order chi connectivity index (χ0) is 17.2. The Bertz CT molecular complexity index is 725. The number of rotatable bonds is 3. The number of aryl methyl sites for hydroxylation is 1. The molecule has 1 fully saturated rings. The maximum atomic E-state index is 5.20. The first kappa shape index (κ1) is 16.6. The topological polar surface area (TPSA) is 33.1 Å². The van der Waals surface area contributed by atoms with Gasteiger partial charge in [0, 0.05) is 18.0 Å². The molecule has 2 aromatic rings. The molecule has 1 aromatic carbocycles. The second-order valence-electron chi connectivity index (χ2n) is 7.57. The lowest BCUT2D eigenvalue weighted by Crippen LogP contribution is -2.29. The van der Waals surface area contributed by atoms with Crippen molar-refractivity contribution < 1.29 is 0 Å². The Hall–Kier alpha value is -1.81. The second kappa shape index (κ2) is 7.20. The molecule has 4 heteroatoms. The third kappa shape index (κ3) is 3.20. The molecule has 1 N–H and O–H groups in total. The maximum absolute atomic E-state index is 5.20. The van der Waals surface area contributed by atoms with Gasteiger partial charge in [0.15, 0.2) is 0 Å². The van der Waals surface area contributed by atoms with E-state index in [1.807, 2.05) is 0 Å². The molecular formula is C21H30N4. The molecule has 25 heavy (non-hydrogen) atoms. The molecule has 0 radical (unpaired) electrons. The first-order valence-corrected chi connectivity index (χ1v) is 9.90. The van der Waals surface area contributed by atoms with Crippen molar-refractivity contribution in [3.63, 3.8) is 0 Å². The van der Waals surface area contributed by atoms with E-state index in [1.54, 1.807) is 0 Å². The van der Waals surface area contributed by atoms with Gasteiger partial charge in [0.25, 0.3) is 0 Å². The fourth-order valence-corrected chi connectivity index (χ4v) is 4.33. The lowest BCUT2D eigenvalue weighted by atomic mass is 9.90. The Kier molecular flexibility index (Phi) is 4.80. The van der Waals surface area contributed by atoms with E-state index in [2.05, 4.69) is 53.1 Å². The van der Waals surface area contributed by atoms with E-state index in [0.29, 0.717) is 5.92 Å². The van der Waals surface area contributed by atoms with Crippen LogP contribution in [-0.2, 0) is 12.8 Å². The van der Waals surface area contributed by atoms with Crippen LogP contribution in [-0.4, -0.2) is 41.4 Å². The minimum atomic E-state index is 0.611. The summed E-state index contributed by atoms with van der Waals surface area (Å²) in [4.78, 5) is 2.44. The molecule has 0 saturated carbocycles. The fraction of sp³-hybridized carbons (Fsp3) is 0.571. The quantitative estimate of drug-likeness (QED) is 0.918. The summed E-state index contributed by atoms with van der Waals surface area (Å²) >= 11 is 0. The largest absolute Gasteiger partial charge is 0.370 e. The number of hydrogen-bond donors (Lipinski definition) is 1. The van der Waals surface area contributed by atoms with Crippen LogP contribution in [0.4, 0.5) is 5.82 Å². The van der Waals surface area contributed by atoms with Crippen molar-refractivity contribution in [2.24, 2.45) is 0 Å². The standard InChI is InChI=1S/C21H30N4/c1-3-16-8-4-5-10-19(16)25-21-18(9-6-7-13-22-21)20(23-25)17-11-14-24(2)15-12-17/h4-5,8,10,17,22H,3,6-7,9,11-15H2,1-2H3. The first-order chi connectivity index (χ1) is 12.3. The van der Waals surface area contributed by atoms with Gasteiger partial charge in [-0.1, -0.05) is 25.1 Å². The summed E-state index contributed by atoms with van der Waals surface area (Å²) in [5, 5.41) is 8.90. The molecule has 0 aliphatic carbocycles. The highest BCUT2D eigenvalue weighted by Gasteiger charge is 2.28. The Morgan fingerprint density at radius 2 is 1.96 bits per heavy atom. The molecule has 4 rings (SSSR count). The molecule has 4 nitrogen and oxygen atoms in total. The van der Waals surface area contributed by atoms with Gasteiger partial charge >= 0.3 is 0 Å². The number of nitrogens with zero attached hydrogens (tertiary/aromatic N) is 3. The van der Waals surface area contributed by atoms with Crippen LogP contribution >= 0.6 is 0 Å². The highest BCUT2D eigenvalue weighted by molar-refractivity contribution is 5.56. The molecule has 0 atom stereocenters. The summed E-state index contributed by atoms with van der Waals surface area (Å²) in [7, 11) is 2.23. The fourth-order valence-electron chi connectivity index (χ4n) is 4.33. The number of hydrogen-bond acceptors (Lipinski definition) is 3. The zero-order valence-corrected chi connectivity index (χ0v) is 15.6. The molecule has 0 amide bonds. The number of para-hydroxylation sites is 1. The monoisotopic (exact) mass is 338 g/mol. The van der Waals surface area contributed by atoms with E-state index in [0.717, 1.165) is 19.4 Å². The van der Waals surface area contributed by atoms with Gasteiger partial charge < -0.3 is 10.2 Å². The normalized spacial score (nSPS) is 19.3. The Labute approximate surface area is 151 Å². The van der Waals surface area contributed by atoms with Crippen molar-refractivity contribution in [3.8, 4) is 5.69 Å². The molecule has 0 unspecified atom stereocenters. The predicted octanol–water partition coefficient (Wildman–Crippen LogP) is 3.99. The van der Waals surface area contributed by atoms with Crippen molar-refractivity contribution in [1.82, 2.24) is 14.7 Å². The molecule has 2 aliphatic heterocycles. The number of nitrogens with one attached hydrogen (secondary N) is 1. The van der Waals surface area contributed by atoms with Crippen LogP contribution in [0.25, 0.3) is 5.69 Å². The van der Waals surface area contributed by atoms with Crippen LogP contribution in [0.2, 0.25) is 0 Å². The SMILES string of the molecule is CCc1ccccc1-n1nc(C2CCN(C)CC2)c2c1NCCCC2. The van der Waals surface area contributed by atoms with Gasteiger partial charge in [0.1, 0.15) is 5.82 Å². The van der Waals surface area contributed by atoms with Gasteiger partial charge in [-0.05, 0) is 70.3 Å². The van der Waals surface area contributed by atoms with Gasteiger partial charge in [0.05, 0.1) is 11.4 Å². The molecule has 2 aliphatic rings. The Balaban J connectivity index is 1.79. The summed E-state index contributed by atoms with van der Waals surface area (Å²) < 4.78 is 2.22. The predicted molar refractivity (Wildman–Crippen MR) is 104 cm³/mol. The maximum Gasteiger partial charge on any atom is 0.133 e. The van der Waals surface area contributed by atoms with Crippen LogP contribution in [0.5, 0.6) is 0 Å². The Morgan fingerprint density at radius 3 is 2.76 bits per heavy atom. The Morgan fingerprint density at radius 1 is 1.16 bits per heavy atom. The number of benzene rings is 1. The van der Waals surface area contributed by atoms with E-state index in [-0.39, 0.29) is 0 Å². The lowest BCUT2D eigenvalue weighted by molar-refractivity contribution is 0.252. The summed E-state index contributed by atoms with van der Waals surface area (Å²) in [6.07, 6.45) is 7.18. The zero-order valence-electron chi connectivity index (χ0n) is 15.6. The summed E-state index contributed by atoms with van der Waals surface area (Å²) in [6.45, 7) is 5.66. The van der Waals surface area contributed by atoms with E-state index in [9.17, 15) is 0 Å². The number of anilines is 1. The van der Waals surface area contributed by atoms with Crippen LogP contribution in [0.1, 0.15) is 55.3 Å². The van der Waals surface area contributed by atoms with Crippen molar-refractivity contribution in [1.29, 1.82) is 0 Å². The van der Waals surface area contributed by atoms with E-state index < -0.39 is 0 Å². The highest BCUT2D eigenvalue weighted by atomic mass is 15.3. The highest BCUT2D eigenvalue weighted by Crippen LogP contribution is 2.36. The van der Waals surface area contributed by atoms with Crippen LogP contribution in [0, 0.1) is 0 Å². The number of fused-ring (bicyclic) bond motifs is 1. The van der Waals surface area contributed by atoms with Crippen molar-refractivity contribution in [2.45, 2.75) is 51.4 Å². The van der Waals surface area contributed by atoms with E-state index in [1.165, 1.54) is 67.1 Å². The van der Waals surface area contributed by atoms with Crippen LogP contribution < -0.4 is 5.32 Å². The van der Waals surface area contributed by atoms with Crippen LogP contribution in [0.15, 0.2) is 24.3 Å². The van der Waals surface area contributed by atoms with Gasteiger partial charge in [-0.2, -0.15) is 5.10 Å². The van der Waals surface area contributed by atoms with Crippen molar-refractivity contribution in [2.75, 3.05) is 32.0 Å². The van der Waals surface area contributed by atoms with E-state index >= 15 is 0 Å². The molecule has 3 heterocycles. The third-order valence-corrected chi connectivity index (χ3v) is 5.87. The minimum absolute atomic E-state index is 0.611. The van der Waals surface area contributed by atoms with Crippen molar-refractivity contribution in [3.05, 3.63) is 41.1 Å². The molecular weight excluding hydrogens is 308 g/mol. The van der Waals surface area contributed by atoms with Gasteiger partial charge in [-0.15, -0.1) is 0 Å². The molecule has 1 saturated heterocycles. The first-order valence-electron chi connectivity index (χ1n) is 9.90. The van der Waals surface area contributed by atoms with Gasteiger partial charge in [0.2, 0.25) is 0 Å². The lowest BCUT2D eigenvalue weighted by Gasteiger charge is -2.28. The smallest absolute Gasteiger partial charge is 0.133 e. The minimum Gasteiger partial charge on any atom is -0.370 e. The average Bonchev–Trinajstić information content (AvgIpc) is 2.83. The molecule has 1 aromatic heterocycles. The molecule has 0 bridgehead atoms. The van der Waals surface area contributed by atoms with Gasteiger partial charge in [-0.3, -0.25) is 0 Å². The van der Waals surface area contributed by atoms with Gasteiger partial charge in [-0.25, -0.2) is 4.68 Å². The summed E-state index contributed by atoms with van der Waals surface area (Å²) in [6, 6.07) is 8.72. The summed E-state index contributed by atoms with van der Waals surface area (Å²) in [5.41, 5.74) is 5.46. The van der Waals surface area contributed by atoms with Crippen LogP contribution in [0.3, 0.4) is 0 Å².